The molecule has 24 heavy (non-hydrogen) atoms. The summed E-state index contributed by atoms with van der Waals surface area (Å²) in [5.74, 6) is 1.33. The highest BCUT2D eigenvalue weighted by atomic mass is 16.6. The highest BCUT2D eigenvalue weighted by molar-refractivity contribution is 5.72. The lowest BCUT2D eigenvalue weighted by atomic mass is 9.76. The van der Waals surface area contributed by atoms with E-state index in [2.05, 4.69) is 17.6 Å². The van der Waals surface area contributed by atoms with Crippen molar-refractivity contribution in [2.75, 3.05) is 20.3 Å². The average molecular weight is 338 g/mol. The maximum atomic E-state index is 12.1. The molecule has 2 aliphatic carbocycles. The molecule has 5 atom stereocenters. The first-order chi connectivity index (χ1) is 11.7. The van der Waals surface area contributed by atoms with Gasteiger partial charge in [0.15, 0.2) is 0 Å². The number of carbonyl (C=O) groups is 1. The first kappa shape index (κ1) is 18.2. The van der Waals surface area contributed by atoms with E-state index in [4.69, 9.17) is 9.47 Å². The summed E-state index contributed by atoms with van der Waals surface area (Å²) in [5, 5.41) is 7.05. The predicted molar refractivity (Wildman–Crippen MR) is 93.6 cm³/mol. The second-order valence-corrected chi connectivity index (χ2v) is 7.81. The van der Waals surface area contributed by atoms with Crippen LogP contribution in [0.5, 0.6) is 0 Å². The van der Waals surface area contributed by atoms with Crippen molar-refractivity contribution < 1.29 is 14.3 Å². The van der Waals surface area contributed by atoms with Gasteiger partial charge in [-0.1, -0.05) is 25.7 Å². The van der Waals surface area contributed by atoms with Crippen LogP contribution in [-0.2, 0) is 14.3 Å². The standard InChI is InChI=1S/C19H34N2O3/c1-13-15-9-6-10-16(17(15)18(20-2)21-13)23-11-12-24-19(22)14-7-4-3-5-8-14/h13-18,20-21H,3-12H2,1-2H3. The number of hydrogen-bond donors (Lipinski definition) is 2. The lowest BCUT2D eigenvalue weighted by Crippen LogP contribution is -2.46. The molecule has 0 bridgehead atoms. The summed E-state index contributed by atoms with van der Waals surface area (Å²) in [6.07, 6.45) is 9.83. The van der Waals surface area contributed by atoms with Crippen LogP contribution in [-0.4, -0.2) is 44.5 Å². The fourth-order valence-electron chi connectivity index (χ4n) is 5.05. The monoisotopic (exact) mass is 338 g/mol. The third-order valence-corrected chi connectivity index (χ3v) is 6.33. The topological polar surface area (TPSA) is 59.6 Å². The first-order valence-electron chi connectivity index (χ1n) is 9.92. The van der Waals surface area contributed by atoms with Crippen molar-refractivity contribution in [1.29, 1.82) is 0 Å². The highest BCUT2D eigenvalue weighted by Gasteiger charge is 2.46. The third kappa shape index (κ3) is 4.12. The number of esters is 1. The molecule has 1 heterocycles. The quantitative estimate of drug-likeness (QED) is 0.575. The van der Waals surface area contributed by atoms with E-state index >= 15 is 0 Å². The maximum Gasteiger partial charge on any atom is 0.309 e. The molecule has 138 valence electrons. The van der Waals surface area contributed by atoms with Crippen LogP contribution in [0.1, 0.15) is 58.3 Å². The van der Waals surface area contributed by atoms with Crippen molar-refractivity contribution >= 4 is 5.97 Å². The molecule has 0 aromatic rings. The molecule has 1 aliphatic heterocycles. The molecule has 2 N–H and O–H groups in total. The molecule has 0 spiro atoms. The van der Waals surface area contributed by atoms with E-state index in [9.17, 15) is 4.79 Å². The number of nitrogens with one attached hydrogen (secondary N) is 2. The highest BCUT2D eigenvalue weighted by Crippen LogP contribution is 2.40. The lowest BCUT2D eigenvalue weighted by molar-refractivity contribution is -0.152. The normalized spacial score (nSPS) is 37.2. The number of carbonyl (C=O) groups excluding carboxylic acids is 1. The zero-order valence-electron chi connectivity index (χ0n) is 15.3. The van der Waals surface area contributed by atoms with Crippen molar-refractivity contribution in [1.82, 2.24) is 10.6 Å². The number of rotatable bonds is 6. The van der Waals surface area contributed by atoms with Gasteiger partial charge in [0.2, 0.25) is 0 Å². The molecule has 2 saturated carbocycles. The van der Waals surface area contributed by atoms with Gasteiger partial charge < -0.3 is 14.8 Å². The molecule has 5 heteroatoms. The second kappa shape index (κ2) is 8.63. The zero-order valence-corrected chi connectivity index (χ0v) is 15.3. The van der Waals surface area contributed by atoms with Crippen LogP contribution < -0.4 is 10.6 Å². The Kier molecular flexibility index (Phi) is 6.53. The molecule has 5 nitrogen and oxygen atoms in total. The van der Waals surface area contributed by atoms with Crippen LogP contribution in [0.25, 0.3) is 0 Å². The molecule has 3 aliphatic rings. The van der Waals surface area contributed by atoms with E-state index in [1.807, 2.05) is 7.05 Å². The molecular formula is C19H34N2O3. The maximum absolute atomic E-state index is 12.1. The molecule has 0 amide bonds. The first-order valence-corrected chi connectivity index (χ1v) is 9.92. The van der Waals surface area contributed by atoms with E-state index in [0.29, 0.717) is 37.3 Å². The average Bonchev–Trinajstić information content (AvgIpc) is 2.96. The largest absolute Gasteiger partial charge is 0.463 e. The smallest absolute Gasteiger partial charge is 0.309 e. The summed E-state index contributed by atoms with van der Waals surface area (Å²) < 4.78 is 11.6. The summed E-state index contributed by atoms with van der Waals surface area (Å²) >= 11 is 0. The summed E-state index contributed by atoms with van der Waals surface area (Å²) in [6.45, 7) is 3.21. The second-order valence-electron chi connectivity index (χ2n) is 7.81. The van der Waals surface area contributed by atoms with Gasteiger partial charge in [-0.25, -0.2) is 0 Å². The summed E-state index contributed by atoms with van der Waals surface area (Å²) in [7, 11) is 2.02. The van der Waals surface area contributed by atoms with Crippen LogP contribution in [0.15, 0.2) is 0 Å². The van der Waals surface area contributed by atoms with E-state index in [-0.39, 0.29) is 18.0 Å². The fourth-order valence-corrected chi connectivity index (χ4v) is 5.05. The van der Waals surface area contributed by atoms with Crippen molar-refractivity contribution in [2.24, 2.45) is 17.8 Å². The molecule has 0 aromatic carbocycles. The zero-order chi connectivity index (χ0) is 16.9. The summed E-state index contributed by atoms with van der Waals surface area (Å²) in [4.78, 5) is 12.1. The Hall–Kier alpha value is -0.650. The Labute approximate surface area is 146 Å². The van der Waals surface area contributed by atoms with E-state index < -0.39 is 0 Å². The lowest BCUT2D eigenvalue weighted by Gasteiger charge is -2.36. The SMILES string of the molecule is CNC1NC(C)C2CCCC(OCCOC(=O)C3CCCCC3)C12. The number of fused-ring (bicyclic) bond motifs is 1. The van der Waals surface area contributed by atoms with Crippen LogP contribution in [0.4, 0.5) is 0 Å². The number of ether oxygens (including phenoxy) is 2. The Balaban J connectivity index is 1.41. The van der Waals surface area contributed by atoms with Crippen LogP contribution in [0.3, 0.4) is 0 Å². The minimum Gasteiger partial charge on any atom is -0.463 e. The minimum absolute atomic E-state index is 0.0101. The predicted octanol–water partition coefficient (Wildman–Crippen LogP) is 2.45. The van der Waals surface area contributed by atoms with Gasteiger partial charge >= 0.3 is 5.97 Å². The molecule has 1 saturated heterocycles. The van der Waals surface area contributed by atoms with E-state index in [0.717, 1.165) is 32.1 Å². The van der Waals surface area contributed by atoms with Crippen molar-refractivity contribution in [3.63, 3.8) is 0 Å². The van der Waals surface area contributed by atoms with Gasteiger partial charge in [-0.15, -0.1) is 0 Å². The fraction of sp³-hybridized carbons (Fsp3) is 0.947. The van der Waals surface area contributed by atoms with E-state index in [1.54, 1.807) is 0 Å². The van der Waals surface area contributed by atoms with Gasteiger partial charge in [0.25, 0.3) is 0 Å². The van der Waals surface area contributed by atoms with Crippen LogP contribution in [0, 0.1) is 17.8 Å². The molecule has 3 fully saturated rings. The molecule has 0 aromatic heterocycles. The van der Waals surface area contributed by atoms with Gasteiger partial charge in [-0.3, -0.25) is 10.1 Å². The van der Waals surface area contributed by atoms with Crippen molar-refractivity contribution in [2.45, 2.75) is 76.6 Å². The van der Waals surface area contributed by atoms with Gasteiger partial charge in [0, 0.05) is 12.0 Å². The van der Waals surface area contributed by atoms with Crippen LogP contribution in [0.2, 0.25) is 0 Å². The third-order valence-electron chi connectivity index (χ3n) is 6.33. The minimum atomic E-state index is -0.0101. The van der Waals surface area contributed by atoms with Gasteiger partial charge in [-0.2, -0.15) is 0 Å². The van der Waals surface area contributed by atoms with Gasteiger partial charge in [0.1, 0.15) is 6.61 Å². The van der Waals surface area contributed by atoms with E-state index in [1.165, 1.54) is 19.3 Å². The van der Waals surface area contributed by atoms with Gasteiger partial charge in [-0.05, 0) is 45.6 Å². The van der Waals surface area contributed by atoms with Gasteiger partial charge in [0.05, 0.1) is 24.8 Å². The summed E-state index contributed by atoms with van der Waals surface area (Å²) in [6, 6.07) is 0.544. The molecule has 5 unspecified atom stereocenters. The molecule has 0 radical (unpaired) electrons. The Morgan fingerprint density at radius 3 is 2.62 bits per heavy atom. The molecular weight excluding hydrogens is 304 g/mol. The van der Waals surface area contributed by atoms with Crippen LogP contribution >= 0.6 is 0 Å². The van der Waals surface area contributed by atoms with Crippen molar-refractivity contribution in [3.05, 3.63) is 0 Å². The Morgan fingerprint density at radius 1 is 1.08 bits per heavy atom. The molecule has 3 rings (SSSR count). The van der Waals surface area contributed by atoms with Crippen molar-refractivity contribution in [3.8, 4) is 0 Å². The Morgan fingerprint density at radius 2 is 1.88 bits per heavy atom. The summed E-state index contributed by atoms with van der Waals surface area (Å²) in [5.41, 5.74) is 0. The Bertz CT molecular complexity index is 411. The number of hydrogen-bond acceptors (Lipinski definition) is 5.